The summed E-state index contributed by atoms with van der Waals surface area (Å²) in [7, 11) is 0. The summed E-state index contributed by atoms with van der Waals surface area (Å²) in [6.45, 7) is 8.53. The Hall–Kier alpha value is -0.0800. The maximum Gasteiger partial charge on any atom is 0.0195 e. The fraction of sp³-hybridized carbons (Fsp3) is 1.00. The van der Waals surface area contributed by atoms with E-state index in [0.29, 0.717) is 0 Å². The van der Waals surface area contributed by atoms with Gasteiger partial charge in [0.15, 0.2) is 0 Å². The first kappa shape index (κ1) is 11.4. The lowest BCUT2D eigenvalue weighted by atomic mass is 10.1. The van der Waals surface area contributed by atoms with Crippen molar-refractivity contribution in [3.63, 3.8) is 0 Å². The van der Waals surface area contributed by atoms with Crippen LogP contribution in [-0.2, 0) is 0 Å². The van der Waals surface area contributed by atoms with Gasteiger partial charge in [0, 0.05) is 18.6 Å². The third kappa shape index (κ3) is 3.76. The molecule has 1 saturated carbocycles. The molecule has 2 heteroatoms. The minimum Gasteiger partial charge on any atom is -0.313 e. The normalized spacial score (nSPS) is 26.8. The highest BCUT2D eigenvalue weighted by atomic mass is 15.2. The number of nitrogens with one attached hydrogen (secondary N) is 1. The van der Waals surface area contributed by atoms with Crippen LogP contribution in [0.15, 0.2) is 0 Å². The zero-order valence-electron chi connectivity index (χ0n) is 10.3. The van der Waals surface area contributed by atoms with Crippen molar-refractivity contribution in [3.05, 3.63) is 0 Å². The van der Waals surface area contributed by atoms with Crippen molar-refractivity contribution in [2.75, 3.05) is 19.6 Å². The van der Waals surface area contributed by atoms with Gasteiger partial charge < -0.3 is 5.32 Å². The highest BCUT2D eigenvalue weighted by molar-refractivity contribution is 4.88. The summed E-state index contributed by atoms with van der Waals surface area (Å²) in [5.74, 6) is 0.850. The average Bonchev–Trinajstić information content (AvgIpc) is 2.91. The van der Waals surface area contributed by atoms with E-state index in [0.717, 1.165) is 18.0 Å². The van der Waals surface area contributed by atoms with E-state index < -0.39 is 0 Å². The van der Waals surface area contributed by atoms with E-state index in [-0.39, 0.29) is 0 Å². The zero-order valence-corrected chi connectivity index (χ0v) is 10.3. The monoisotopic (exact) mass is 210 g/mol. The van der Waals surface area contributed by atoms with Gasteiger partial charge in [0.1, 0.15) is 0 Å². The highest BCUT2D eigenvalue weighted by Gasteiger charge is 2.30. The van der Waals surface area contributed by atoms with Crippen molar-refractivity contribution in [3.8, 4) is 0 Å². The maximum atomic E-state index is 3.62. The van der Waals surface area contributed by atoms with Crippen LogP contribution in [0.5, 0.6) is 0 Å². The van der Waals surface area contributed by atoms with Crippen molar-refractivity contribution >= 4 is 0 Å². The van der Waals surface area contributed by atoms with E-state index in [1.54, 1.807) is 0 Å². The van der Waals surface area contributed by atoms with Crippen LogP contribution in [0.25, 0.3) is 0 Å². The molecule has 2 rings (SSSR count). The quantitative estimate of drug-likeness (QED) is 0.723. The molecule has 0 radical (unpaired) electrons. The second-order valence-corrected chi connectivity index (χ2v) is 5.70. The molecule has 1 saturated heterocycles. The summed E-state index contributed by atoms with van der Waals surface area (Å²) >= 11 is 0. The number of rotatable bonds is 6. The number of hydrogen-bond acceptors (Lipinski definition) is 2. The first-order valence-corrected chi connectivity index (χ1v) is 6.73. The van der Waals surface area contributed by atoms with Gasteiger partial charge in [-0.05, 0) is 51.1 Å². The summed E-state index contributed by atoms with van der Waals surface area (Å²) in [6.07, 6.45) is 7.04. The fourth-order valence-corrected chi connectivity index (χ4v) is 2.48. The van der Waals surface area contributed by atoms with Crippen LogP contribution in [0.2, 0.25) is 0 Å². The largest absolute Gasteiger partial charge is 0.313 e. The molecule has 1 atom stereocenters. The molecule has 1 heterocycles. The maximum absolute atomic E-state index is 3.62. The van der Waals surface area contributed by atoms with Gasteiger partial charge >= 0.3 is 0 Å². The Morgan fingerprint density at radius 3 is 2.60 bits per heavy atom. The average molecular weight is 210 g/mol. The van der Waals surface area contributed by atoms with Crippen molar-refractivity contribution in [1.82, 2.24) is 10.2 Å². The molecule has 2 aliphatic rings. The molecule has 15 heavy (non-hydrogen) atoms. The predicted octanol–water partition coefficient (Wildman–Crippen LogP) is 2.25. The molecule has 1 N–H and O–H groups in total. The molecule has 1 aliphatic carbocycles. The molecule has 0 bridgehead atoms. The predicted molar refractivity (Wildman–Crippen MR) is 65.1 cm³/mol. The van der Waals surface area contributed by atoms with Crippen molar-refractivity contribution < 1.29 is 0 Å². The van der Waals surface area contributed by atoms with Gasteiger partial charge in [-0.15, -0.1) is 0 Å². The third-order valence-electron chi connectivity index (χ3n) is 3.67. The number of hydrogen-bond donors (Lipinski definition) is 1. The lowest BCUT2D eigenvalue weighted by Gasteiger charge is -2.26. The molecular formula is C13H26N2. The summed E-state index contributed by atoms with van der Waals surface area (Å²) in [5, 5.41) is 3.62. The van der Waals surface area contributed by atoms with Crippen LogP contribution in [0, 0.1) is 5.92 Å². The number of nitrogens with zero attached hydrogens (tertiary/aromatic N) is 1. The Balaban J connectivity index is 1.72. The van der Waals surface area contributed by atoms with Gasteiger partial charge in [-0.3, -0.25) is 4.90 Å². The van der Waals surface area contributed by atoms with Gasteiger partial charge in [-0.2, -0.15) is 0 Å². The Bertz CT molecular complexity index is 181. The molecule has 0 amide bonds. The van der Waals surface area contributed by atoms with Crippen molar-refractivity contribution in [2.24, 2.45) is 5.92 Å². The molecule has 0 aromatic carbocycles. The molecule has 0 spiro atoms. The molecule has 0 unspecified atom stereocenters. The smallest absolute Gasteiger partial charge is 0.0195 e. The Kier molecular flexibility index (Phi) is 4.04. The summed E-state index contributed by atoms with van der Waals surface area (Å²) < 4.78 is 0. The molecule has 0 aromatic heterocycles. The zero-order chi connectivity index (χ0) is 10.7. The molecule has 2 nitrogen and oxygen atoms in total. The molecule has 88 valence electrons. The summed E-state index contributed by atoms with van der Waals surface area (Å²) in [6, 6.07) is 1.73. The van der Waals surface area contributed by atoms with E-state index in [2.05, 4.69) is 24.1 Å². The van der Waals surface area contributed by atoms with Crippen LogP contribution < -0.4 is 5.32 Å². The van der Waals surface area contributed by atoms with Crippen molar-refractivity contribution in [2.45, 2.75) is 58.0 Å². The lowest BCUT2D eigenvalue weighted by Crippen LogP contribution is -2.39. The molecule has 0 aromatic rings. The van der Waals surface area contributed by atoms with E-state index >= 15 is 0 Å². The van der Waals surface area contributed by atoms with Gasteiger partial charge in [0.05, 0.1) is 0 Å². The Labute approximate surface area is 94.4 Å². The van der Waals surface area contributed by atoms with E-state index in [9.17, 15) is 0 Å². The van der Waals surface area contributed by atoms with Gasteiger partial charge in [0.25, 0.3) is 0 Å². The minimum absolute atomic E-state index is 0.790. The van der Waals surface area contributed by atoms with E-state index in [1.165, 1.54) is 51.7 Å². The topological polar surface area (TPSA) is 15.3 Å². The molecule has 2 fully saturated rings. The summed E-state index contributed by atoms with van der Waals surface area (Å²) in [5.41, 5.74) is 0. The molecule has 1 aliphatic heterocycles. The van der Waals surface area contributed by atoms with Crippen LogP contribution in [0.4, 0.5) is 0 Å². The standard InChI is InChI=1S/C13H26N2/c1-11(2)7-9-15(13-5-6-13)10-12-4-3-8-14-12/h11-14H,3-10H2,1-2H3/t12-/m1/s1. The minimum atomic E-state index is 0.790. The highest BCUT2D eigenvalue weighted by Crippen LogP contribution is 2.28. The third-order valence-corrected chi connectivity index (χ3v) is 3.67. The van der Waals surface area contributed by atoms with Gasteiger partial charge in [-0.25, -0.2) is 0 Å². The van der Waals surface area contributed by atoms with Gasteiger partial charge in [-0.1, -0.05) is 13.8 Å². The van der Waals surface area contributed by atoms with Crippen LogP contribution in [-0.4, -0.2) is 36.6 Å². The van der Waals surface area contributed by atoms with Crippen LogP contribution in [0.1, 0.15) is 46.0 Å². The van der Waals surface area contributed by atoms with Crippen LogP contribution in [0.3, 0.4) is 0 Å². The Morgan fingerprint density at radius 1 is 1.27 bits per heavy atom. The Morgan fingerprint density at radius 2 is 2.07 bits per heavy atom. The van der Waals surface area contributed by atoms with E-state index in [1.807, 2.05) is 0 Å². The SMILES string of the molecule is CC(C)CCN(C[C@H]1CCCN1)C1CC1. The van der Waals surface area contributed by atoms with Gasteiger partial charge in [0.2, 0.25) is 0 Å². The fourth-order valence-electron chi connectivity index (χ4n) is 2.48. The van der Waals surface area contributed by atoms with E-state index in [4.69, 9.17) is 0 Å². The molecular weight excluding hydrogens is 184 g/mol. The first-order chi connectivity index (χ1) is 7.25. The van der Waals surface area contributed by atoms with Crippen LogP contribution >= 0.6 is 0 Å². The second kappa shape index (κ2) is 5.31. The first-order valence-electron chi connectivity index (χ1n) is 6.73. The van der Waals surface area contributed by atoms with Crippen molar-refractivity contribution in [1.29, 1.82) is 0 Å². The summed E-state index contributed by atoms with van der Waals surface area (Å²) in [4.78, 5) is 2.74. The lowest BCUT2D eigenvalue weighted by molar-refractivity contribution is 0.226. The second-order valence-electron chi connectivity index (χ2n) is 5.70.